The van der Waals surface area contributed by atoms with Gasteiger partial charge in [-0.25, -0.2) is 0 Å². The van der Waals surface area contributed by atoms with Crippen LogP contribution < -0.4 is 5.32 Å². The maximum Gasteiger partial charge on any atom is 0.00981 e. The SMILES string of the molecule is CCC1CNC2CC(CC)CCC2C1. The highest BCUT2D eigenvalue weighted by Gasteiger charge is 2.33. The van der Waals surface area contributed by atoms with Crippen LogP contribution in [0.1, 0.15) is 52.4 Å². The molecule has 0 aromatic carbocycles. The predicted molar refractivity (Wildman–Crippen MR) is 61.3 cm³/mol. The molecule has 2 fully saturated rings. The van der Waals surface area contributed by atoms with Gasteiger partial charge in [-0.15, -0.1) is 0 Å². The maximum atomic E-state index is 3.79. The van der Waals surface area contributed by atoms with Gasteiger partial charge in [0.05, 0.1) is 0 Å². The van der Waals surface area contributed by atoms with Crippen LogP contribution in [0.3, 0.4) is 0 Å². The van der Waals surface area contributed by atoms with Gasteiger partial charge in [0.15, 0.2) is 0 Å². The van der Waals surface area contributed by atoms with E-state index in [4.69, 9.17) is 0 Å². The summed E-state index contributed by atoms with van der Waals surface area (Å²) in [5.41, 5.74) is 0. The first-order valence-corrected chi connectivity index (χ1v) is 6.56. The van der Waals surface area contributed by atoms with E-state index in [1.807, 2.05) is 0 Å². The molecule has 0 spiro atoms. The zero-order valence-electron chi connectivity index (χ0n) is 9.76. The summed E-state index contributed by atoms with van der Waals surface area (Å²) in [5, 5.41) is 3.79. The third kappa shape index (κ3) is 2.13. The summed E-state index contributed by atoms with van der Waals surface area (Å²) in [6.45, 7) is 5.97. The minimum absolute atomic E-state index is 0.872. The Labute approximate surface area is 88.7 Å². The Morgan fingerprint density at radius 3 is 2.50 bits per heavy atom. The van der Waals surface area contributed by atoms with E-state index in [1.165, 1.54) is 45.1 Å². The lowest BCUT2D eigenvalue weighted by atomic mass is 9.71. The quantitative estimate of drug-likeness (QED) is 0.713. The van der Waals surface area contributed by atoms with Gasteiger partial charge in [-0.1, -0.05) is 33.1 Å². The molecule has 82 valence electrons. The Kier molecular flexibility index (Phi) is 3.48. The van der Waals surface area contributed by atoms with E-state index in [9.17, 15) is 0 Å². The predicted octanol–water partition coefficient (Wildman–Crippen LogP) is 3.20. The van der Waals surface area contributed by atoms with Crippen LogP contribution in [0, 0.1) is 17.8 Å². The lowest BCUT2D eigenvalue weighted by Gasteiger charge is -2.42. The Bertz CT molecular complexity index is 158. The van der Waals surface area contributed by atoms with Crippen LogP contribution >= 0.6 is 0 Å². The fourth-order valence-corrected chi connectivity index (χ4v) is 3.36. The molecule has 1 N–H and O–H groups in total. The van der Waals surface area contributed by atoms with Gasteiger partial charge in [0, 0.05) is 6.04 Å². The first-order valence-electron chi connectivity index (χ1n) is 6.56. The van der Waals surface area contributed by atoms with Gasteiger partial charge in [0.25, 0.3) is 0 Å². The Hall–Kier alpha value is -0.0400. The highest BCUT2D eigenvalue weighted by molar-refractivity contribution is 4.90. The molecule has 0 bridgehead atoms. The summed E-state index contributed by atoms with van der Waals surface area (Å²) in [4.78, 5) is 0. The normalized spacial score (nSPS) is 43.3. The number of fused-ring (bicyclic) bond motifs is 1. The lowest BCUT2D eigenvalue weighted by molar-refractivity contribution is 0.131. The molecule has 0 aromatic heterocycles. The topological polar surface area (TPSA) is 12.0 Å². The van der Waals surface area contributed by atoms with Crippen LogP contribution in [0.4, 0.5) is 0 Å². The van der Waals surface area contributed by atoms with Crippen LogP contribution in [-0.4, -0.2) is 12.6 Å². The number of hydrogen-bond acceptors (Lipinski definition) is 1. The summed E-state index contributed by atoms with van der Waals surface area (Å²) in [5.74, 6) is 2.99. The van der Waals surface area contributed by atoms with Gasteiger partial charge in [-0.2, -0.15) is 0 Å². The summed E-state index contributed by atoms with van der Waals surface area (Å²) >= 11 is 0. The Balaban J connectivity index is 1.88. The molecule has 0 aromatic rings. The summed E-state index contributed by atoms with van der Waals surface area (Å²) in [6.07, 6.45) is 8.71. The molecular weight excluding hydrogens is 170 g/mol. The van der Waals surface area contributed by atoms with Crippen molar-refractivity contribution in [2.24, 2.45) is 17.8 Å². The van der Waals surface area contributed by atoms with Crippen molar-refractivity contribution in [1.82, 2.24) is 5.32 Å². The molecule has 4 atom stereocenters. The van der Waals surface area contributed by atoms with Crippen molar-refractivity contribution in [3.63, 3.8) is 0 Å². The molecule has 2 aliphatic rings. The Morgan fingerprint density at radius 1 is 1.00 bits per heavy atom. The Morgan fingerprint density at radius 2 is 1.79 bits per heavy atom. The average Bonchev–Trinajstić information content (AvgIpc) is 2.27. The highest BCUT2D eigenvalue weighted by atomic mass is 14.9. The second-order valence-electron chi connectivity index (χ2n) is 5.37. The molecular formula is C13H25N. The van der Waals surface area contributed by atoms with Crippen molar-refractivity contribution in [1.29, 1.82) is 0 Å². The van der Waals surface area contributed by atoms with Crippen molar-refractivity contribution >= 4 is 0 Å². The van der Waals surface area contributed by atoms with E-state index in [2.05, 4.69) is 19.2 Å². The third-order valence-corrected chi connectivity index (χ3v) is 4.56. The molecule has 0 amide bonds. The lowest BCUT2D eigenvalue weighted by Crippen LogP contribution is -2.48. The average molecular weight is 195 g/mol. The molecule has 1 nitrogen and oxygen atoms in total. The molecule has 1 heteroatoms. The van der Waals surface area contributed by atoms with E-state index >= 15 is 0 Å². The van der Waals surface area contributed by atoms with E-state index < -0.39 is 0 Å². The van der Waals surface area contributed by atoms with Gasteiger partial charge >= 0.3 is 0 Å². The minimum Gasteiger partial charge on any atom is -0.313 e. The number of rotatable bonds is 2. The first-order chi connectivity index (χ1) is 6.83. The van der Waals surface area contributed by atoms with E-state index in [0.29, 0.717) is 0 Å². The van der Waals surface area contributed by atoms with Gasteiger partial charge in [0.2, 0.25) is 0 Å². The number of piperidine rings is 1. The van der Waals surface area contributed by atoms with Gasteiger partial charge in [-0.3, -0.25) is 0 Å². The number of nitrogens with one attached hydrogen (secondary N) is 1. The van der Waals surface area contributed by atoms with Crippen LogP contribution in [0.25, 0.3) is 0 Å². The molecule has 1 aliphatic heterocycles. The monoisotopic (exact) mass is 195 g/mol. The summed E-state index contributed by atoms with van der Waals surface area (Å²) in [6, 6.07) is 0.872. The minimum atomic E-state index is 0.872. The first kappa shape index (κ1) is 10.5. The van der Waals surface area contributed by atoms with Crippen molar-refractivity contribution in [3.05, 3.63) is 0 Å². The molecule has 2 rings (SSSR count). The van der Waals surface area contributed by atoms with Gasteiger partial charge in [0.1, 0.15) is 0 Å². The second-order valence-corrected chi connectivity index (χ2v) is 5.37. The molecule has 1 aliphatic carbocycles. The molecule has 1 saturated heterocycles. The fraction of sp³-hybridized carbons (Fsp3) is 1.00. The molecule has 4 unspecified atom stereocenters. The summed E-state index contributed by atoms with van der Waals surface area (Å²) in [7, 11) is 0. The fourth-order valence-electron chi connectivity index (χ4n) is 3.36. The molecule has 1 saturated carbocycles. The molecule has 1 heterocycles. The zero-order valence-corrected chi connectivity index (χ0v) is 9.76. The van der Waals surface area contributed by atoms with Crippen molar-refractivity contribution in [3.8, 4) is 0 Å². The van der Waals surface area contributed by atoms with Crippen LogP contribution in [0.15, 0.2) is 0 Å². The number of hydrogen-bond donors (Lipinski definition) is 1. The molecule has 0 radical (unpaired) electrons. The smallest absolute Gasteiger partial charge is 0.00981 e. The van der Waals surface area contributed by atoms with E-state index in [-0.39, 0.29) is 0 Å². The van der Waals surface area contributed by atoms with Gasteiger partial charge in [-0.05, 0) is 43.6 Å². The van der Waals surface area contributed by atoms with Crippen molar-refractivity contribution in [2.75, 3.05) is 6.54 Å². The van der Waals surface area contributed by atoms with Gasteiger partial charge < -0.3 is 5.32 Å². The summed E-state index contributed by atoms with van der Waals surface area (Å²) < 4.78 is 0. The van der Waals surface area contributed by atoms with Crippen molar-refractivity contribution < 1.29 is 0 Å². The van der Waals surface area contributed by atoms with Crippen LogP contribution in [0.5, 0.6) is 0 Å². The van der Waals surface area contributed by atoms with Crippen LogP contribution in [0.2, 0.25) is 0 Å². The zero-order chi connectivity index (χ0) is 9.97. The highest BCUT2D eigenvalue weighted by Crippen LogP contribution is 2.37. The molecule has 14 heavy (non-hydrogen) atoms. The standard InChI is InChI=1S/C13H25N/c1-3-10-5-6-12-7-11(4-2)9-14-13(12)8-10/h10-14H,3-9H2,1-2H3. The van der Waals surface area contributed by atoms with E-state index in [1.54, 1.807) is 0 Å². The van der Waals surface area contributed by atoms with E-state index in [0.717, 1.165) is 23.8 Å². The maximum absolute atomic E-state index is 3.79. The van der Waals surface area contributed by atoms with Crippen molar-refractivity contribution in [2.45, 2.75) is 58.4 Å². The largest absolute Gasteiger partial charge is 0.313 e. The van der Waals surface area contributed by atoms with Crippen LogP contribution in [-0.2, 0) is 0 Å². The second kappa shape index (κ2) is 4.65. The third-order valence-electron chi connectivity index (χ3n) is 4.56.